The second-order valence-electron chi connectivity index (χ2n) is 7.18. The van der Waals surface area contributed by atoms with Gasteiger partial charge in [0.2, 0.25) is 0 Å². The smallest absolute Gasteiger partial charge is 0.251 e. The molecule has 0 spiro atoms. The first-order valence-electron chi connectivity index (χ1n) is 9.98. The lowest BCUT2D eigenvalue weighted by Crippen LogP contribution is -2.29. The number of dihydropyridines is 1. The van der Waals surface area contributed by atoms with Crippen LogP contribution in [0.25, 0.3) is 5.57 Å². The van der Waals surface area contributed by atoms with Gasteiger partial charge in [0, 0.05) is 48.8 Å². The Bertz CT molecular complexity index is 969. The third-order valence-corrected chi connectivity index (χ3v) is 5.05. The summed E-state index contributed by atoms with van der Waals surface area (Å²) in [5, 5.41) is 6.49. The summed E-state index contributed by atoms with van der Waals surface area (Å²) in [4.78, 5) is 24.1. The predicted molar refractivity (Wildman–Crippen MR) is 116 cm³/mol. The van der Waals surface area contributed by atoms with Gasteiger partial charge in [-0.05, 0) is 48.3 Å². The standard InChI is InChI=1S/C23H25N5O/c29-23(26-12-10-21-15-24-16-27-21)19-6-4-5-17(13-19)18-9-11-25-22(14-18)28-20-7-2-1-3-8-20/h1-2,4-7,9,11,13,15-16,22,28H,3,8,10,12,14H2,(H,24,27)(H,26,29). The summed E-state index contributed by atoms with van der Waals surface area (Å²) in [6.45, 7) is 0.566. The van der Waals surface area contributed by atoms with Gasteiger partial charge in [-0.2, -0.15) is 0 Å². The number of imidazole rings is 1. The molecule has 1 aromatic heterocycles. The number of amides is 1. The van der Waals surface area contributed by atoms with Crippen LogP contribution in [0.2, 0.25) is 0 Å². The van der Waals surface area contributed by atoms with Crippen LogP contribution in [0.1, 0.15) is 40.9 Å². The van der Waals surface area contributed by atoms with Crippen molar-refractivity contribution < 1.29 is 4.79 Å². The summed E-state index contributed by atoms with van der Waals surface area (Å²) in [5.74, 6) is -0.0646. The van der Waals surface area contributed by atoms with E-state index in [9.17, 15) is 4.79 Å². The van der Waals surface area contributed by atoms with Gasteiger partial charge in [0.15, 0.2) is 0 Å². The molecule has 1 aliphatic heterocycles. The molecule has 2 aromatic rings. The van der Waals surface area contributed by atoms with E-state index >= 15 is 0 Å². The van der Waals surface area contributed by atoms with Gasteiger partial charge < -0.3 is 15.6 Å². The molecular weight excluding hydrogens is 362 g/mol. The third kappa shape index (κ3) is 5.10. The first-order chi connectivity index (χ1) is 14.3. The Morgan fingerprint density at radius 1 is 1.28 bits per heavy atom. The zero-order valence-electron chi connectivity index (χ0n) is 16.3. The van der Waals surface area contributed by atoms with Crippen LogP contribution in [0.5, 0.6) is 0 Å². The molecule has 4 rings (SSSR count). The zero-order chi connectivity index (χ0) is 19.9. The highest BCUT2D eigenvalue weighted by atomic mass is 16.1. The van der Waals surface area contributed by atoms with E-state index in [0.717, 1.165) is 36.9 Å². The number of nitrogens with zero attached hydrogens (tertiary/aromatic N) is 2. The fourth-order valence-corrected chi connectivity index (χ4v) is 3.50. The normalized spacial score (nSPS) is 18.1. The molecule has 1 aliphatic carbocycles. The van der Waals surface area contributed by atoms with Crippen LogP contribution in [-0.2, 0) is 6.42 Å². The largest absolute Gasteiger partial charge is 0.367 e. The molecule has 6 nitrogen and oxygen atoms in total. The molecule has 0 bridgehead atoms. The topological polar surface area (TPSA) is 82.2 Å². The number of allylic oxidation sites excluding steroid dienone is 5. The van der Waals surface area contributed by atoms with Gasteiger partial charge in [-0.25, -0.2) is 4.98 Å². The van der Waals surface area contributed by atoms with Crippen molar-refractivity contribution in [1.29, 1.82) is 0 Å². The summed E-state index contributed by atoms with van der Waals surface area (Å²) < 4.78 is 0. The van der Waals surface area contributed by atoms with Crippen LogP contribution in [0, 0.1) is 0 Å². The number of hydrogen-bond donors (Lipinski definition) is 3. The summed E-state index contributed by atoms with van der Waals surface area (Å²) >= 11 is 0. The van der Waals surface area contributed by atoms with Crippen LogP contribution < -0.4 is 10.6 Å². The lowest BCUT2D eigenvalue weighted by atomic mass is 9.97. The Morgan fingerprint density at radius 3 is 3.07 bits per heavy atom. The highest BCUT2D eigenvalue weighted by Crippen LogP contribution is 2.24. The number of H-pyrrole nitrogens is 1. The second kappa shape index (κ2) is 9.19. The minimum Gasteiger partial charge on any atom is -0.367 e. The van der Waals surface area contributed by atoms with Crippen molar-refractivity contribution in [2.24, 2.45) is 4.99 Å². The average molecular weight is 387 g/mol. The second-order valence-corrected chi connectivity index (χ2v) is 7.18. The molecule has 1 atom stereocenters. The van der Waals surface area contributed by atoms with Crippen molar-refractivity contribution in [2.75, 3.05) is 6.54 Å². The maximum absolute atomic E-state index is 12.5. The summed E-state index contributed by atoms with van der Waals surface area (Å²) in [6.07, 6.45) is 17.3. The first-order valence-corrected chi connectivity index (χ1v) is 9.98. The Hall–Kier alpha value is -3.41. The lowest BCUT2D eigenvalue weighted by molar-refractivity contribution is 0.0954. The maximum atomic E-state index is 12.5. The van der Waals surface area contributed by atoms with E-state index in [4.69, 9.17) is 0 Å². The van der Waals surface area contributed by atoms with E-state index < -0.39 is 0 Å². The number of carbonyl (C=O) groups excluding carboxylic acids is 1. The number of nitrogens with one attached hydrogen (secondary N) is 3. The van der Waals surface area contributed by atoms with E-state index in [2.05, 4.69) is 43.8 Å². The van der Waals surface area contributed by atoms with Gasteiger partial charge in [0.05, 0.1) is 6.33 Å². The molecule has 0 saturated carbocycles. The third-order valence-electron chi connectivity index (χ3n) is 5.05. The molecular formula is C23H25N5O. The van der Waals surface area contributed by atoms with E-state index in [-0.39, 0.29) is 12.1 Å². The number of aromatic amines is 1. The van der Waals surface area contributed by atoms with Crippen molar-refractivity contribution in [2.45, 2.75) is 31.8 Å². The minimum absolute atomic E-state index is 0.0274. The highest BCUT2D eigenvalue weighted by molar-refractivity contribution is 5.95. The van der Waals surface area contributed by atoms with Gasteiger partial charge in [-0.1, -0.05) is 24.3 Å². The van der Waals surface area contributed by atoms with Gasteiger partial charge in [-0.15, -0.1) is 0 Å². The van der Waals surface area contributed by atoms with Crippen LogP contribution >= 0.6 is 0 Å². The molecule has 0 saturated heterocycles. The van der Waals surface area contributed by atoms with E-state index in [1.165, 1.54) is 11.3 Å². The number of rotatable bonds is 7. The van der Waals surface area contributed by atoms with E-state index in [1.54, 1.807) is 12.5 Å². The van der Waals surface area contributed by atoms with E-state index in [0.29, 0.717) is 12.1 Å². The summed E-state index contributed by atoms with van der Waals surface area (Å²) in [7, 11) is 0. The van der Waals surface area contributed by atoms with Crippen LogP contribution in [0.15, 0.2) is 71.8 Å². The van der Waals surface area contributed by atoms with Crippen molar-refractivity contribution >= 4 is 17.7 Å². The number of aliphatic imine (C=N–C) groups is 1. The van der Waals surface area contributed by atoms with Gasteiger partial charge >= 0.3 is 0 Å². The maximum Gasteiger partial charge on any atom is 0.251 e. The quantitative estimate of drug-likeness (QED) is 0.681. The molecule has 1 aromatic carbocycles. The summed E-state index contributed by atoms with van der Waals surface area (Å²) in [6, 6.07) is 7.78. The molecule has 0 radical (unpaired) electrons. The fraction of sp³-hybridized carbons (Fsp3) is 0.261. The molecule has 0 fully saturated rings. The molecule has 2 aliphatic rings. The molecule has 2 heterocycles. The van der Waals surface area contributed by atoms with Crippen molar-refractivity contribution in [1.82, 2.24) is 20.6 Å². The Morgan fingerprint density at radius 2 is 2.24 bits per heavy atom. The Kier molecular flexibility index (Phi) is 6.00. The minimum atomic E-state index is -0.0646. The molecule has 6 heteroatoms. The molecule has 1 unspecified atom stereocenters. The zero-order valence-corrected chi connectivity index (χ0v) is 16.3. The van der Waals surface area contributed by atoms with Crippen LogP contribution in [0.4, 0.5) is 0 Å². The molecule has 148 valence electrons. The predicted octanol–water partition coefficient (Wildman–Crippen LogP) is 3.39. The number of benzene rings is 1. The number of carbonyl (C=O) groups is 1. The fourth-order valence-electron chi connectivity index (χ4n) is 3.50. The van der Waals surface area contributed by atoms with Gasteiger partial charge in [0.1, 0.15) is 6.17 Å². The monoisotopic (exact) mass is 387 g/mol. The number of hydrogen-bond acceptors (Lipinski definition) is 4. The molecule has 1 amide bonds. The summed E-state index contributed by atoms with van der Waals surface area (Å²) in [5.41, 5.74) is 5.13. The molecule has 3 N–H and O–H groups in total. The lowest BCUT2D eigenvalue weighted by Gasteiger charge is -2.23. The Labute approximate surface area is 170 Å². The van der Waals surface area contributed by atoms with Crippen molar-refractivity contribution in [3.63, 3.8) is 0 Å². The highest BCUT2D eigenvalue weighted by Gasteiger charge is 2.16. The van der Waals surface area contributed by atoms with Crippen molar-refractivity contribution in [3.8, 4) is 0 Å². The van der Waals surface area contributed by atoms with E-state index in [1.807, 2.05) is 36.6 Å². The number of aromatic nitrogens is 2. The van der Waals surface area contributed by atoms with Gasteiger partial charge in [0.25, 0.3) is 5.91 Å². The van der Waals surface area contributed by atoms with Crippen LogP contribution in [-0.4, -0.2) is 34.8 Å². The molecule has 29 heavy (non-hydrogen) atoms. The van der Waals surface area contributed by atoms with Crippen LogP contribution in [0.3, 0.4) is 0 Å². The average Bonchev–Trinajstić information content (AvgIpc) is 3.28. The SMILES string of the molecule is O=C(NCCc1cnc[nH]1)c1cccc(C2=CC=NC(NC3=CC=CCC3)C2)c1. The van der Waals surface area contributed by atoms with Crippen molar-refractivity contribution in [3.05, 3.63) is 83.6 Å². The first kappa shape index (κ1) is 18.9. The Balaban J connectivity index is 1.36. The van der Waals surface area contributed by atoms with Gasteiger partial charge in [-0.3, -0.25) is 9.79 Å².